The molecule has 2 N–H and O–H groups in total. The Morgan fingerprint density at radius 2 is 2.00 bits per heavy atom. The van der Waals surface area contributed by atoms with Crippen LogP contribution >= 0.6 is 24.0 Å². The Kier molecular flexibility index (Phi) is 9.53. The van der Waals surface area contributed by atoms with Crippen molar-refractivity contribution in [2.24, 2.45) is 10.9 Å². The van der Waals surface area contributed by atoms with Gasteiger partial charge >= 0.3 is 0 Å². The molecule has 1 aliphatic rings. The highest BCUT2D eigenvalue weighted by Crippen LogP contribution is 2.33. The van der Waals surface area contributed by atoms with E-state index in [1.54, 1.807) is 13.1 Å². The van der Waals surface area contributed by atoms with Gasteiger partial charge in [-0.3, -0.25) is 4.99 Å². The molecular formula is C23H28FIN4O. The van der Waals surface area contributed by atoms with Crippen molar-refractivity contribution in [1.82, 2.24) is 10.6 Å². The first-order chi connectivity index (χ1) is 14.1. The van der Waals surface area contributed by atoms with E-state index in [1.807, 2.05) is 6.07 Å². The van der Waals surface area contributed by atoms with E-state index in [9.17, 15) is 4.39 Å². The maximum atomic E-state index is 14.0. The molecule has 2 aromatic rings. The third kappa shape index (κ3) is 6.41. The van der Waals surface area contributed by atoms with E-state index in [-0.39, 0.29) is 42.4 Å². The highest BCUT2D eigenvalue weighted by Gasteiger charge is 2.27. The maximum Gasteiger partial charge on any atom is 0.191 e. The third-order valence-corrected chi connectivity index (χ3v) is 5.23. The number of nitriles is 1. The van der Waals surface area contributed by atoms with Crippen LogP contribution in [0.25, 0.3) is 0 Å². The van der Waals surface area contributed by atoms with Crippen LogP contribution in [0.15, 0.2) is 47.5 Å². The average Bonchev–Trinajstić information content (AvgIpc) is 2.76. The SMILES string of the molecule is CN=C(NCc1cc(C#N)ccc1F)NCC1CCCOC1c1ccc(C)cc1.I. The second-order valence-corrected chi connectivity index (χ2v) is 7.33. The Balaban J connectivity index is 0.00000320. The molecule has 1 aliphatic heterocycles. The predicted molar refractivity (Wildman–Crippen MR) is 127 cm³/mol. The first-order valence-corrected chi connectivity index (χ1v) is 9.92. The van der Waals surface area contributed by atoms with Crippen LogP contribution in [0.3, 0.4) is 0 Å². The van der Waals surface area contributed by atoms with Crippen LogP contribution in [0.1, 0.15) is 41.2 Å². The molecule has 3 rings (SSSR count). The van der Waals surface area contributed by atoms with E-state index in [0.717, 1.165) is 19.4 Å². The van der Waals surface area contributed by atoms with Crippen LogP contribution in [0, 0.1) is 30.0 Å². The number of benzene rings is 2. The first kappa shape index (κ1) is 24.1. The van der Waals surface area contributed by atoms with Crippen molar-refractivity contribution in [3.8, 4) is 6.07 Å². The summed E-state index contributed by atoms with van der Waals surface area (Å²) in [7, 11) is 1.69. The maximum absolute atomic E-state index is 14.0. The van der Waals surface area contributed by atoms with Crippen molar-refractivity contribution in [2.45, 2.75) is 32.4 Å². The molecule has 2 unspecified atom stereocenters. The van der Waals surface area contributed by atoms with Crippen molar-refractivity contribution in [1.29, 1.82) is 5.26 Å². The monoisotopic (exact) mass is 522 g/mol. The van der Waals surface area contributed by atoms with Gasteiger partial charge < -0.3 is 15.4 Å². The molecule has 0 saturated carbocycles. The van der Waals surface area contributed by atoms with Crippen molar-refractivity contribution in [3.63, 3.8) is 0 Å². The topological polar surface area (TPSA) is 69.4 Å². The summed E-state index contributed by atoms with van der Waals surface area (Å²) in [6.45, 7) is 3.81. The summed E-state index contributed by atoms with van der Waals surface area (Å²) in [5.74, 6) is 0.579. The Morgan fingerprint density at radius 3 is 2.70 bits per heavy atom. The van der Waals surface area contributed by atoms with Gasteiger partial charge in [0.2, 0.25) is 0 Å². The number of aryl methyl sites for hydroxylation is 1. The highest BCUT2D eigenvalue weighted by molar-refractivity contribution is 14.0. The number of aliphatic imine (C=N–C) groups is 1. The average molecular weight is 522 g/mol. The molecular weight excluding hydrogens is 494 g/mol. The molecule has 160 valence electrons. The first-order valence-electron chi connectivity index (χ1n) is 9.92. The standard InChI is InChI=1S/C23H27FN4O.HI/c1-16-5-8-18(9-6-16)22-19(4-3-11-29-22)14-27-23(26-2)28-15-20-12-17(13-25)7-10-21(20)24;/h5-10,12,19,22H,3-4,11,14-15H2,1-2H3,(H2,26,27,28);1H. The van der Waals surface area contributed by atoms with Crippen LogP contribution in [-0.4, -0.2) is 26.2 Å². The van der Waals surface area contributed by atoms with E-state index in [0.29, 0.717) is 29.5 Å². The summed E-state index contributed by atoms with van der Waals surface area (Å²) in [4.78, 5) is 4.24. The summed E-state index contributed by atoms with van der Waals surface area (Å²) in [6, 6.07) is 14.9. The minimum atomic E-state index is -0.341. The predicted octanol–water partition coefficient (Wildman–Crippen LogP) is 4.46. The van der Waals surface area contributed by atoms with E-state index < -0.39 is 0 Å². The fourth-order valence-corrected chi connectivity index (χ4v) is 3.58. The van der Waals surface area contributed by atoms with Crippen LogP contribution in [-0.2, 0) is 11.3 Å². The smallest absolute Gasteiger partial charge is 0.191 e. The minimum Gasteiger partial charge on any atom is -0.373 e. The van der Waals surface area contributed by atoms with Gasteiger partial charge in [-0.2, -0.15) is 5.26 Å². The molecule has 0 bridgehead atoms. The molecule has 0 aromatic heterocycles. The van der Waals surface area contributed by atoms with Crippen LogP contribution < -0.4 is 10.6 Å². The largest absolute Gasteiger partial charge is 0.373 e. The lowest BCUT2D eigenvalue weighted by atomic mass is 9.89. The molecule has 0 aliphatic carbocycles. The van der Waals surface area contributed by atoms with Crippen molar-refractivity contribution >= 4 is 29.9 Å². The number of hydrogen-bond donors (Lipinski definition) is 2. The zero-order valence-electron chi connectivity index (χ0n) is 17.3. The van der Waals surface area contributed by atoms with Gasteiger partial charge in [0.1, 0.15) is 5.82 Å². The molecule has 1 fully saturated rings. The lowest BCUT2D eigenvalue weighted by Gasteiger charge is -2.32. The van der Waals surface area contributed by atoms with Gasteiger partial charge in [0, 0.05) is 38.2 Å². The van der Waals surface area contributed by atoms with Gasteiger partial charge in [-0.05, 0) is 43.5 Å². The van der Waals surface area contributed by atoms with E-state index in [1.165, 1.54) is 23.3 Å². The van der Waals surface area contributed by atoms with Gasteiger partial charge in [0.25, 0.3) is 0 Å². The van der Waals surface area contributed by atoms with Crippen molar-refractivity contribution in [2.75, 3.05) is 20.2 Å². The number of nitrogens with zero attached hydrogens (tertiary/aromatic N) is 2. The number of halogens is 2. The fourth-order valence-electron chi connectivity index (χ4n) is 3.58. The quantitative estimate of drug-likeness (QED) is 0.346. The second kappa shape index (κ2) is 11.9. The second-order valence-electron chi connectivity index (χ2n) is 7.33. The molecule has 2 atom stereocenters. The number of nitrogens with one attached hydrogen (secondary N) is 2. The molecule has 0 amide bonds. The molecule has 1 saturated heterocycles. The summed E-state index contributed by atoms with van der Waals surface area (Å²) < 4.78 is 20.1. The Bertz CT molecular complexity index is 895. The Hall–Kier alpha value is -2.18. The Labute approximate surface area is 194 Å². The van der Waals surface area contributed by atoms with Gasteiger partial charge in [-0.15, -0.1) is 24.0 Å². The van der Waals surface area contributed by atoms with E-state index in [2.05, 4.69) is 46.8 Å². The molecule has 5 nitrogen and oxygen atoms in total. The summed E-state index contributed by atoms with van der Waals surface area (Å²) in [5.41, 5.74) is 3.30. The molecule has 0 spiro atoms. The number of guanidine groups is 1. The van der Waals surface area contributed by atoms with E-state index >= 15 is 0 Å². The van der Waals surface area contributed by atoms with E-state index in [4.69, 9.17) is 10.00 Å². The minimum absolute atomic E-state index is 0. The normalized spacial score (nSPS) is 18.8. The number of hydrogen-bond acceptors (Lipinski definition) is 3. The van der Waals surface area contributed by atoms with Gasteiger partial charge in [-0.1, -0.05) is 29.8 Å². The number of rotatable bonds is 5. The van der Waals surface area contributed by atoms with Crippen molar-refractivity contribution < 1.29 is 9.13 Å². The lowest BCUT2D eigenvalue weighted by molar-refractivity contribution is -0.0265. The molecule has 7 heteroatoms. The molecule has 1 heterocycles. The summed E-state index contributed by atoms with van der Waals surface area (Å²) in [5, 5.41) is 15.5. The van der Waals surface area contributed by atoms with Gasteiger partial charge in [-0.25, -0.2) is 4.39 Å². The van der Waals surface area contributed by atoms with Crippen LogP contribution in [0.4, 0.5) is 4.39 Å². The van der Waals surface area contributed by atoms with Crippen LogP contribution in [0.5, 0.6) is 0 Å². The van der Waals surface area contributed by atoms with Gasteiger partial charge in [0.15, 0.2) is 5.96 Å². The zero-order chi connectivity index (χ0) is 20.6. The summed E-state index contributed by atoms with van der Waals surface area (Å²) in [6.07, 6.45) is 2.16. The lowest BCUT2D eigenvalue weighted by Crippen LogP contribution is -2.41. The zero-order valence-corrected chi connectivity index (χ0v) is 19.7. The molecule has 30 heavy (non-hydrogen) atoms. The molecule has 2 aromatic carbocycles. The third-order valence-electron chi connectivity index (χ3n) is 5.23. The highest BCUT2D eigenvalue weighted by atomic mass is 127. The van der Waals surface area contributed by atoms with Gasteiger partial charge in [0.05, 0.1) is 17.7 Å². The number of ether oxygens (including phenoxy) is 1. The van der Waals surface area contributed by atoms with Crippen LogP contribution in [0.2, 0.25) is 0 Å². The summed E-state index contributed by atoms with van der Waals surface area (Å²) >= 11 is 0. The fraction of sp³-hybridized carbons (Fsp3) is 0.391. The van der Waals surface area contributed by atoms with Crippen molar-refractivity contribution in [3.05, 3.63) is 70.5 Å². The molecule has 0 radical (unpaired) electrons. The Morgan fingerprint density at radius 1 is 1.23 bits per heavy atom.